The molecule has 1 N–H and O–H groups in total. The average Bonchev–Trinajstić information content (AvgIpc) is 3.13. The topological polar surface area (TPSA) is 84.6 Å². The Labute approximate surface area is 151 Å². The van der Waals surface area contributed by atoms with Crippen LogP contribution in [0.3, 0.4) is 0 Å². The van der Waals surface area contributed by atoms with Gasteiger partial charge in [-0.3, -0.25) is 14.9 Å². The highest BCUT2D eigenvalue weighted by Crippen LogP contribution is 2.28. The number of nitrogens with zero attached hydrogens (tertiary/aromatic N) is 2. The quantitative estimate of drug-likeness (QED) is 0.415. The molecule has 6 nitrogen and oxygen atoms in total. The van der Waals surface area contributed by atoms with Gasteiger partial charge in [0.15, 0.2) is 0 Å². The third kappa shape index (κ3) is 4.17. The van der Waals surface area contributed by atoms with Crippen LogP contribution in [0.25, 0.3) is 10.4 Å². The van der Waals surface area contributed by atoms with Gasteiger partial charge in [0.05, 0.1) is 16.0 Å². The van der Waals surface area contributed by atoms with Crippen molar-refractivity contribution in [3.63, 3.8) is 0 Å². The summed E-state index contributed by atoms with van der Waals surface area (Å²) in [5.74, 6) is -0.689. The number of hydrogen-bond acceptors (Lipinski definition) is 5. The Bertz CT molecular complexity index is 966. The summed E-state index contributed by atoms with van der Waals surface area (Å²) in [5, 5.41) is 14.4. The monoisotopic (exact) mass is 369 g/mol. The van der Waals surface area contributed by atoms with Gasteiger partial charge < -0.3 is 0 Å². The van der Waals surface area contributed by atoms with Crippen LogP contribution in [-0.4, -0.2) is 17.0 Å². The Morgan fingerprint density at radius 2 is 1.77 bits per heavy atom. The van der Waals surface area contributed by atoms with Crippen LogP contribution in [0, 0.1) is 15.9 Å². The fourth-order valence-corrected chi connectivity index (χ4v) is 3.03. The van der Waals surface area contributed by atoms with E-state index in [0.717, 1.165) is 10.4 Å². The number of carbonyl (C=O) groups excluding carboxylic acids is 1. The van der Waals surface area contributed by atoms with Crippen LogP contribution in [-0.2, 0) is 0 Å². The number of rotatable bonds is 5. The zero-order valence-corrected chi connectivity index (χ0v) is 14.1. The number of carbonyl (C=O) groups is 1. The molecule has 0 fully saturated rings. The van der Waals surface area contributed by atoms with E-state index in [1.165, 1.54) is 53.9 Å². The lowest BCUT2D eigenvalue weighted by Gasteiger charge is -1.97. The van der Waals surface area contributed by atoms with Gasteiger partial charge in [0.1, 0.15) is 5.82 Å². The van der Waals surface area contributed by atoms with E-state index in [4.69, 9.17) is 0 Å². The molecule has 0 unspecified atom stereocenters. The highest BCUT2D eigenvalue weighted by Gasteiger charge is 2.10. The van der Waals surface area contributed by atoms with E-state index in [0.29, 0.717) is 10.4 Å². The maximum absolute atomic E-state index is 13.0. The van der Waals surface area contributed by atoms with E-state index in [9.17, 15) is 19.3 Å². The van der Waals surface area contributed by atoms with Crippen molar-refractivity contribution in [2.45, 2.75) is 0 Å². The Hall–Kier alpha value is -3.39. The lowest BCUT2D eigenvalue weighted by Crippen LogP contribution is -2.16. The van der Waals surface area contributed by atoms with E-state index >= 15 is 0 Å². The number of hydrogen-bond donors (Lipinski definition) is 1. The molecule has 0 spiro atoms. The van der Waals surface area contributed by atoms with Crippen LogP contribution in [0.2, 0.25) is 0 Å². The van der Waals surface area contributed by atoms with Crippen molar-refractivity contribution in [1.82, 2.24) is 5.43 Å². The first-order chi connectivity index (χ1) is 12.5. The van der Waals surface area contributed by atoms with Gasteiger partial charge in [0.25, 0.3) is 11.6 Å². The molecule has 130 valence electrons. The maximum atomic E-state index is 13.0. The highest BCUT2D eigenvalue weighted by molar-refractivity contribution is 7.17. The molecule has 1 aromatic heterocycles. The first-order valence-corrected chi connectivity index (χ1v) is 8.28. The third-order valence-corrected chi connectivity index (χ3v) is 4.58. The molecule has 8 heteroatoms. The first-order valence-electron chi connectivity index (χ1n) is 7.46. The predicted octanol–water partition coefficient (Wildman–Crippen LogP) is 4.23. The minimum atomic E-state index is -0.488. The van der Waals surface area contributed by atoms with Crippen molar-refractivity contribution in [1.29, 1.82) is 0 Å². The predicted molar refractivity (Wildman–Crippen MR) is 97.9 cm³/mol. The Balaban J connectivity index is 1.63. The molecule has 0 bridgehead atoms. The Morgan fingerprint density at radius 3 is 2.42 bits per heavy atom. The van der Waals surface area contributed by atoms with Crippen LogP contribution >= 0.6 is 11.3 Å². The molecule has 26 heavy (non-hydrogen) atoms. The number of nitrogens with one attached hydrogen (secondary N) is 1. The Morgan fingerprint density at radius 1 is 1.08 bits per heavy atom. The summed E-state index contributed by atoms with van der Waals surface area (Å²) in [4.78, 5) is 23.5. The van der Waals surface area contributed by atoms with Crippen LogP contribution in [0.4, 0.5) is 10.1 Å². The zero-order chi connectivity index (χ0) is 18.5. The van der Waals surface area contributed by atoms with Gasteiger partial charge in [-0.25, -0.2) is 9.82 Å². The van der Waals surface area contributed by atoms with E-state index in [2.05, 4.69) is 10.5 Å². The molecule has 0 saturated carbocycles. The second-order valence-electron chi connectivity index (χ2n) is 5.22. The molecule has 3 aromatic rings. The number of nitro groups is 1. The normalized spacial score (nSPS) is 10.8. The van der Waals surface area contributed by atoms with Gasteiger partial charge in [-0.05, 0) is 47.5 Å². The summed E-state index contributed by atoms with van der Waals surface area (Å²) in [6.07, 6.45) is 1.40. The second kappa shape index (κ2) is 7.66. The standard InChI is InChI=1S/C18H12FN3O3S/c19-14-5-3-13(4-6-14)16-9-10-17(26-16)18(23)21-20-11-12-1-7-15(8-2-12)22(24)25/h1-11H,(H,21,23)/b20-11-. The van der Waals surface area contributed by atoms with Gasteiger partial charge in [-0.1, -0.05) is 12.1 Å². The minimum absolute atomic E-state index is 0.0157. The molecule has 0 aliphatic carbocycles. The molecule has 0 aliphatic heterocycles. The largest absolute Gasteiger partial charge is 0.281 e. The number of benzene rings is 2. The summed E-state index contributed by atoms with van der Waals surface area (Å²) >= 11 is 1.27. The van der Waals surface area contributed by atoms with E-state index < -0.39 is 4.92 Å². The number of non-ortho nitro benzene ring substituents is 1. The van der Waals surface area contributed by atoms with Crippen molar-refractivity contribution >= 4 is 29.1 Å². The molecular formula is C18H12FN3O3S. The van der Waals surface area contributed by atoms with Crippen molar-refractivity contribution in [3.8, 4) is 10.4 Å². The van der Waals surface area contributed by atoms with Gasteiger partial charge in [-0.15, -0.1) is 11.3 Å². The smallest absolute Gasteiger partial charge is 0.266 e. The van der Waals surface area contributed by atoms with Gasteiger partial charge in [0.2, 0.25) is 0 Å². The fraction of sp³-hybridized carbons (Fsp3) is 0. The summed E-state index contributed by atoms with van der Waals surface area (Å²) in [6.45, 7) is 0. The molecule has 1 amide bonds. The minimum Gasteiger partial charge on any atom is -0.266 e. The maximum Gasteiger partial charge on any atom is 0.281 e. The number of halogens is 1. The van der Waals surface area contributed by atoms with Crippen molar-refractivity contribution in [3.05, 3.63) is 87.0 Å². The summed E-state index contributed by atoms with van der Waals surface area (Å²) < 4.78 is 13.0. The lowest BCUT2D eigenvalue weighted by atomic mass is 10.2. The summed E-state index contributed by atoms with van der Waals surface area (Å²) in [7, 11) is 0. The van der Waals surface area contributed by atoms with Crippen molar-refractivity contribution < 1.29 is 14.1 Å². The van der Waals surface area contributed by atoms with Gasteiger partial charge in [-0.2, -0.15) is 5.10 Å². The van der Waals surface area contributed by atoms with Gasteiger partial charge in [0, 0.05) is 17.0 Å². The Kier molecular flexibility index (Phi) is 5.14. The number of nitro benzene ring substituents is 1. The van der Waals surface area contributed by atoms with Crippen LogP contribution in [0.15, 0.2) is 65.8 Å². The summed E-state index contributed by atoms with van der Waals surface area (Å²) in [6, 6.07) is 15.3. The van der Waals surface area contributed by atoms with Crippen LogP contribution in [0.1, 0.15) is 15.2 Å². The second-order valence-corrected chi connectivity index (χ2v) is 6.30. The van der Waals surface area contributed by atoms with Gasteiger partial charge >= 0.3 is 0 Å². The highest BCUT2D eigenvalue weighted by atomic mass is 32.1. The fourth-order valence-electron chi connectivity index (χ4n) is 2.13. The van der Waals surface area contributed by atoms with Crippen LogP contribution in [0.5, 0.6) is 0 Å². The first kappa shape index (κ1) is 17.4. The molecule has 0 radical (unpaired) electrons. The van der Waals surface area contributed by atoms with Crippen LogP contribution < -0.4 is 5.43 Å². The number of thiophene rings is 1. The summed E-state index contributed by atoms with van der Waals surface area (Å²) in [5.41, 5.74) is 3.83. The molecule has 0 atom stereocenters. The number of amides is 1. The average molecular weight is 369 g/mol. The molecule has 1 heterocycles. The van der Waals surface area contributed by atoms with E-state index in [1.54, 1.807) is 24.3 Å². The van der Waals surface area contributed by atoms with Crippen molar-refractivity contribution in [2.24, 2.45) is 5.10 Å². The zero-order valence-electron chi connectivity index (χ0n) is 13.3. The van der Waals surface area contributed by atoms with Crippen molar-refractivity contribution in [2.75, 3.05) is 0 Å². The molecular weight excluding hydrogens is 357 g/mol. The molecule has 3 rings (SSSR count). The van der Waals surface area contributed by atoms with E-state index in [-0.39, 0.29) is 17.4 Å². The number of hydrazone groups is 1. The third-order valence-electron chi connectivity index (χ3n) is 3.44. The van der Waals surface area contributed by atoms with E-state index in [1.807, 2.05) is 0 Å². The molecule has 2 aromatic carbocycles. The molecule has 0 saturated heterocycles. The lowest BCUT2D eigenvalue weighted by molar-refractivity contribution is -0.384. The molecule has 0 aliphatic rings. The SMILES string of the molecule is O=C(N/N=C\c1ccc([N+](=O)[O-])cc1)c1ccc(-c2ccc(F)cc2)s1.